The van der Waals surface area contributed by atoms with E-state index in [-0.39, 0.29) is 10.7 Å². The minimum absolute atomic E-state index is 0.131. The van der Waals surface area contributed by atoms with E-state index >= 15 is 0 Å². The number of aryl methyl sites for hydroxylation is 3. The Bertz CT molecular complexity index is 920. The maximum atomic E-state index is 12.4. The molecular weight excluding hydrogens is 354 g/mol. The van der Waals surface area contributed by atoms with Gasteiger partial charge < -0.3 is 14.8 Å². The van der Waals surface area contributed by atoms with Gasteiger partial charge in [0.15, 0.2) is 5.03 Å². The molecule has 3 rings (SSSR count). The van der Waals surface area contributed by atoms with Crippen LogP contribution in [-0.4, -0.2) is 18.2 Å². The van der Waals surface area contributed by atoms with Gasteiger partial charge in [0.05, 0.1) is 5.56 Å². The van der Waals surface area contributed by atoms with Gasteiger partial charge >= 0.3 is 11.9 Å². The Balaban J connectivity index is 1.85. The second kappa shape index (κ2) is 7.22. The third-order valence-electron chi connectivity index (χ3n) is 4.11. The molecule has 26 heavy (non-hydrogen) atoms. The highest BCUT2D eigenvalue weighted by atomic mass is 35.5. The Morgan fingerprint density at radius 3 is 2.58 bits per heavy atom. The first-order valence-electron chi connectivity index (χ1n) is 8.08. The number of hydrogen-bond acceptors (Lipinski definition) is 5. The monoisotopic (exact) mass is 371 g/mol. The summed E-state index contributed by atoms with van der Waals surface area (Å²) < 4.78 is 10.5. The van der Waals surface area contributed by atoms with E-state index in [1.807, 2.05) is 38.1 Å². The normalized spacial score (nSPS) is 16.5. The zero-order valence-corrected chi connectivity index (χ0v) is 15.4. The zero-order valence-electron chi connectivity index (χ0n) is 14.6. The van der Waals surface area contributed by atoms with Crippen LogP contribution < -0.4 is 5.32 Å². The standard InChI is InChI=1S/C20H18ClNO4/c1-11-8-9-13(3)15(10-11)22-17-16(21)19(24)26-20(17)25-18(23)14-7-5-4-6-12(14)2/h4-10,20,22H,1-3H3/t20-/m1/s1. The molecule has 0 fully saturated rings. The first kappa shape index (κ1) is 18.0. The van der Waals surface area contributed by atoms with Crippen LogP contribution in [0.2, 0.25) is 0 Å². The molecule has 0 amide bonds. The molecule has 6 heteroatoms. The largest absolute Gasteiger partial charge is 0.415 e. The quantitative estimate of drug-likeness (QED) is 0.815. The number of esters is 2. The fraction of sp³-hybridized carbons (Fsp3) is 0.200. The zero-order chi connectivity index (χ0) is 18.8. The third-order valence-corrected chi connectivity index (χ3v) is 4.46. The lowest BCUT2D eigenvalue weighted by atomic mass is 10.1. The van der Waals surface area contributed by atoms with E-state index in [4.69, 9.17) is 21.1 Å². The summed E-state index contributed by atoms with van der Waals surface area (Å²) in [5.74, 6) is -1.32. The summed E-state index contributed by atoms with van der Waals surface area (Å²) in [4.78, 5) is 24.3. The van der Waals surface area contributed by atoms with Crippen LogP contribution in [0.15, 0.2) is 53.2 Å². The summed E-state index contributed by atoms with van der Waals surface area (Å²) in [6, 6.07) is 12.8. The number of halogens is 1. The van der Waals surface area contributed by atoms with Gasteiger partial charge in [0.25, 0.3) is 6.29 Å². The van der Waals surface area contributed by atoms with Crippen molar-refractivity contribution in [3.8, 4) is 0 Å². The lowest BCUT2D eigenvalue weighted by Gasteiger charge is -2.18. The van der Waals surface area contributed by atoms with Crippen molar-refractivity contribution in [3.63, 3.8) is 0 Å². The van der Waals surface area contributed by atoms with Crippen LogP contribution in [0.5, 0.6) is 0 Å². The molecule has 1 heterocycles. The first-order chi connectivity index (χ1) is 12.4. The number of anilines is 1. The third kappa shape index (κ3) is 3.58. The van der Waals surface area contributed by atoms with E-state index in [1.165, 1.54) is 0 Å². The van der Waals surface area contributed by atoms with Gasteiger partial charge in [-0.05, 0) is 49.6 Å². The summed E-state index contributed by atoms with van der Waals surface area (Å²) in [6.07, 6.45) is -1.22. The number of ether oxygens (including phenoxy) is 2. The number of nitrogens with one attached hydrogen (secondary N) is 1. The topological polar surface area (TPSA) is 64.6 Å². The number of hydrogen-bond donors (Lipinski definition) is 1. The molecule has 1 N–H and O–H groups in total. The van der Waals surface area contributed by atoms with Crippen LogP contribution in [0.3, 0.4) is 0 Å². The van der Waals surface area contributed by atoms with Crippen LogP contribution in [0, 0.1) is 20.8 Å². The summed E-state index contributed by atoms with van der Waals surface area (Å²) in [6.45, 7) is 5.67. The van der Waals surface area contributed by atoms with Crippen LogP contribution in [0.1, 0.15) is 27.0 Å². The molecule has 1 aliphatic heterocycles. The van der Waals surface area contributed by atoms with E-state index in [1.54, 1.807) is 25.1 Å². The number of benzene rings is 2. The second-order valence-corrected chi connectivity index (χ2v) is 6.51. The smallest absolute Gasteiger partial charge is 0.355 e. The highest BCUT2D eigenvalue weighted by Crippen LogP contribution is 2.30. The van der Waals surface area contributed by atoms with Crippen LogP contribution in [0.25, 0.3) is 0 Å². The highest BCUT2D eigenvalue weighted by Gasteiger charge is 2.37. The summed E-state index contributed by atoms with van der Waals surface area (Å²) in [7, 11) is 0. The Morgan fingerprint density at radius 2 is 1.85 bits per heavy atom. The molecule has 0 unspecified atom stereocenters. The Kier molecular flexibility index (Phi) is 5.00. The molecule has 0 aromatic heterocycles. The molecule has 2 aromatic rings. The molecule has 0 saturated carbocycles. The van der Waals surface area contributed by atoms with Crippen LogP contribution in [-0.2, 0) is 14.3 Å². The fourth-order valence-electron chi connectivity index (χ4n) is 2.60. The maximum Gasteiger partial charge on any atom is 0.355 e. The average molecular weight is 372 g/mol. The molecule has 0 spiro atoms. The molecule has 134 valence electrons. The van der Waals surface area contributed by atoms with E-state index in [2.05, 4.69) is 5.32 Å². The molecule has 2 aromatic carbocycles. The molecule has 1 atom stereocenters. The highest BCUT2D eigenvalue weighted by molar-refractivity contribution is 6.42. The molecule has 0 bridgehead atoms. The molecular formula is C20H18ClNO4. The predicted molar refractivity (Wildman–Crippen MR) is 98.9 cm³/mol. The van der Waals surface area contributed by atoms with Gasteiger partial charge in [0.2, 0.25) is 0 Å². The lowest BCUT2D eigenvalue weighted by molar-refractivity contribution is -0.152. The Labute approximate surface area is 156 Å². The number of rotatable bonds is 4. The van der Waals surface area contributed by atoms with E-state index in [9.17, 15) is 9.59 Å². The van der Waals surface area contributed by atoms with Gasteiger partial charge in [0, 0.05) is 5.69 Å². The van der Waals surface area contributed by atoms with Gasteiger partial charge in [-0.2, -0.15) is 0 Å². The van der Waals surface area contributed by atoms with Crippen molar-refractivity contribution in [1.29, 1.82) is 0 Å². The number of cyclic esters (lactones) is 1. The van der Waals surface area contributed by atoms with E-state index in [0.29, 0.717) is 5.56 Å². The summed E-state index contributed by atoms with van der Waals surface area (Å²) >= 11 is 6.08. The second-order valence-electron chi connectivity index (χ2n) is 6.13. The molecule has 5 nitrogen and oxygen atoms in total. The van der Waals surface area contributed by atoms with Gasteiger partial charge in [-0.15, -0.1) is 0 Å². The SMILES string of the molecule is Cc1ccc(C)c(NC2=C(Cl)C(=O)O[C@H]2OC(=O)c2ccccc2C)c1. The van der Waals surface area contributed by atoms with Crippen molar-refractivity contribution < 1.29 is 19.1 Å². The van der Waals surface area contributed by atoms with Gasteiger partial charge in [-0.1, -0.05) is 41.9 Å². The number of carbonyl (C=O) groups excluding carboxylic acids is 2. The minimum atomic E-state index is -1.22. The average Bonchev–Trinajstić information content (AvgIpc) is 2.86. The Hall–Kier alpha value is -2.79. The fourth-order valence-corrected chi connectivity index (χ4v) is 2.78. The van der Waals surface area contributed by atoms with Gasteiger partial charge in [-0.25, -0.2) is 9.59 Å². The van der Waals surface area contributed by atoms with Crippen molar-refractivity contribution in [2.45, 2.75) is 27.1 Å². The van der Waals surface area contributed by atoms with Crippen molar-refractivity contribution in [2.24, 2.45) is 0 Å². The van der Waals surface area contributed by atoms with Gasteiger partial charge in [0.1, 0.15) is 5.70 Å². The number of carbonyl (C=O) groups is 2. The van der Waals surface area contributed by atoms with Crippen molar-refractivity contribution in [3.05, 3.63) is 75.4 Å². The van der Waals surface area contributed by atoms with E-state index < -0.39 is 18.2 Å². The summed E-state index contributed by atoms with van der Waals surface area (Å²) in [5.41, 5.74) is 4.13. The molecule has 0 radical (unpaired) electrons. The Morgan fingerprint density at radius 1 is 1.12 bits per heavy atom. The minimum Gasteiger partial charge on any atom is -0.415 e. The molecule has 0 saturated heterocycles. The van der Waals surface area contributed by atoms with Crippen molar-refractivity contribution in [1.82, 2.24) is 0 Å². The lowest BCUT2D eigenvalue weighted by Crippen LogP contribution is -2.24. The van der Waals surface area contributed by atoms with E-state index in [0.717, 1.165) is 22.4 Å². The van der Waals surface area contributed by atoms with Crippen molar-refractivity contribution >= 4 is 29.2 Å². The maximum absolute atomic E-state index is 12.4. The van der Waals surface area contributed by atoms with Gasteiger partial charge in [-0.3, -0.25) is 0 Å². The molecule has 0 aliphatic carbocycles. The van der Waals surface area contributed by atoms with Crippen molar-refractivity contribution in [2.75, 3.05) is 5.32 Å². The summed E-state index contributed by atoms with van der Waals surface area (Å²) in [5, 5.41) is 2.95. The predicted octanol–water partition coefficient (Wildman–Crippen LogP) is 4.21. The first-order valence-corrected chi connectivity index (χ1v) is 8.46. The van der Waals surface area contributed by atoms with Crippen LogP contribution in [0.4, 0.5) is 5.69 Å². The molecule has 1 aliphatic rings. The van der Waals surface area contributed by atoms with Crippen LogP contribution >= 0.6 is 11.6 Å².